The Balaban J connectivity index is 2.66. The predicted octanol–water partition coefficient (Wildman–Crippen LogP) is 1.33. The first-order valence-electron chi connectivity index (χ1n) is 6.64. The summed E-state index contributed by atoms with van der Waals surface area (Å²) in [5.41, 5.74) is -1.62. The predicted molar refractivity (Wildman–Crippen MR) is 87.8 cm³/mol. The van der Waals surface area contributed by atoms with E-state index in [9.17, 15) is 29.8 Å². The van der Waals surface area contributed by atoms with Gasteiger partial charge in [0.25, 0.3) is 10.1 Å². The molecule has 0 aliphatic carbocycles. The van der Waals surface area contributed by atoms with Crippen LogP contribution in [0.1, 0.15) is 12.5 Å². The van der Waals surface area contributed by atoms with Crippen molar-refractivity contribution in [3.63, 3.8) is 0 Å². The molecule has 1 atom stereocenters. The van der Waals surface area contributed by atoms with Crippen molar-refractivity contribution in [2.75, 3.05) is 0 Å². The summed E-state index contributed by atoms with van der Waals surface area (Å²) >= 11 is 0. The van der Waals surface area contributed by atoms with E-state index in [0.717, 1.165) is 19.1 Å². The average molecular weight is 410 g/mol. The van der Waals surface area contributed by atoms with Gasteiger partial charge >= 0.3 is 10.4 Å². The Morgan fingerprint density at radius 3 is 2.08 bits per heavy atom. The maximum Gasteiger partial charge on any atom is 0.398 e. The minimum absolute atomic E-state index is 0.102. The van der Waals surface area contributed by atoms with Crippen molar-refractivity contribution in [3.8, 4) is 0 Å². The van der Waals surface area contributed by atoms with Crippen LogP contribution in [0.5, 0.6) is 0 Å². The van der Waals surface area contributed by atoms with Crippen molar-refractivity contribution < 1.29 is 38.5 Å². The number of hydrogen-bond acceptors (Lipinski definition) is 7. The summed E-state index contributed by atoms with van der Waals surface area (Å²) in [7, 11) is -13.8. The van der Waals surface area contributed by atoms with Crippen LogP contribution in [-0.2, 0) is 34.5 Å². The molecule has 1 unspecified atom stereocenters. The Morgan fingerprint density at radius 1 is 0.960 bits per heavy atom. The normalized spacial score (nSPS) is 14.6. The van der Waals surface area contributed by atoms with Gasteiger partial charge in [0.15, 0.2) is 5.44 Å². The smallest absolute Gasteiger partial charge is 0.282 e. The van der Waals surface area contributed by atoms with Crippen molar-refractivity contribution in [3.05, 3.63) is 35.9 Å². The molecule has 12 heteroatoms. The molecule has 9 nitrogen and oxygen atoms in total. The largest absolute Gasteiger partial charge is 0.398 e. The molecule has 0 saturated heterocycles. The van der Waals surface area contributed by atoms with Gasteiger partial charge in [-0.1, -0.05) is 18.2 Å². The lowest BCUT2D eigenvalue weighted by Crippen LogP contribution is -2.24. The van der Waals surface area contributed by atoms with Crippen LogP contribution in [0.2, 0.25) is 0 Å². The first-order chi connectivity index (χ1) is 11.2. The fourth-order valence-electron chi connectivity index (χ4n) is 2.32. The molecule has 0 saturated carbocycles. The second-order valence-corrected chi connectivity index (χ2v) is 9.84. The summed E-state index contributed by atoms with van der Waals surface area (Å²) in [5, 5.41) is 0.295. The highest BCUT2D eigenvalue weighted by Gasteiger charge is 2.29. The Hall–Kier alpha value is -1.57. The van der Waals surface area contributed by atoms with Gasteiger partial charge in [-0.25, -0.2) is 12.6 Å². The van der Waals surface area contributed by atoms with E-state index in [4.69, 9.17) is 4.55 Å². The summed E-state index contributed by atoms with van der Waals surface area (Å²) < 4.78 is 91.2. The van der Waals surface area contributed by atoms with E-state index in [1.54, 1.807) is 0 Å². The van der Waals surface area contributed by atoms with Gasteiger partial charge in [0.05, 0.1) is 4.90 Å². The van der Waals surface area contributed by atoms with Crippen molar-refractivity contribution >= 4 is 41.1 Å². The molecule has 0 fully saturated rings. The van der Waals surface area contributed by atoms with Gasteiger partial charge in [-0.3, -0.25) is 9.11 Å². The van der Waals surface area contributed by atoms with Gasteiger partial charge in [-0.2, -0.15) is 16.8 Å². The monoisotopic (exact) mass is 410 g/mol. The molecule has 0 aliphatic rings. The van der Waals surface area contributed by atoms with Crippen molar-refractivity contribution in [2.24, 2.45) is 0 Å². The quantitative estimate of drug-likeness (QED) is 0.695. The van der Waals surface area contributed by atoms with Gasteiger partial charge < -0.3 is 0 Å². The molecule has 138 valence electrons. The average Bonchev–Trinajstić information content (AvgIpc) is 2.43. The standard InChI is InChI=1S/C13H14O9S3/c1-8-3-4-10-7-11(5-6-12(10)13(8)24(16,17)18)23(14,15)9(2)22-25(19,20)21/h3-7,9H,1-2H3,(H,16,17,18)(H,19,20,21). The summed E-state index contributed by atoms with van der Waals surface area (Å²) in [6.45, 7) is 2.39. The van der Waals surface area contributed by atoms with E-state index in [1.807, 2.05) is 0 Å². The number of sulfone groups is 1. The summed E-state index contributed by atoms with van der Waals surface area (Å²) in [4.78, 5) is -0.697. The number of aryl methyl sites for hydroxylation is 1. The zero-order valence-corrected chi connectivity index (χ0v) is 15.4. The van der Waals surface area contributed by atoms with Crippen molar-refractivity contribution in [1.29, 1.82) is 0 Å². The zero-order chi connectivity index (χ0) is 19.2. The van der Waals surface area contributed by atoms with E-state index in [1.165, 1.54) is 25.1 Å². The molecule has 2 rings (SSSR count). The maximum absolute atomic E-state index is 12.3. The van der Waals surface area contributed by atoms with Crippen LogP contribution in [0.4, 0.5) is 0 Å². The fraction of sp³-hybridized carbons (Fsp3) is 0.231. The van der Waals surface area contributed by atoms with Crippen LogP contribution < -0.4 is 0 Å². The summed E-state index contributed by atoms with van der Waals surface area (Å²) in [6.07, 6.45) is 0. The molecule has 0 aliphatic heterocycles. The number of hydrogen-bond donors (Lipinski definition) is 2. The molecule has 2 N–H and O–H groups in total. The van der Waals surface area contributed by atoms with Gasteiger partial charge in [0.1, 0.15) is 4.90 Å². The van der Waals surface area contributed by atoms with Crippen LogP contribution in [0, 0.1) is 6.92 Å². The lowest BCUT2D eigenvalue weighted by Gasteiger charge is -2.13. The second kappa shape index (κ2) is 6.30. The van der Waals surface area contributed by atoms with Crippen LogP contribution in [0.25, 0.3) is 10.8 Å². The first kappa shape index (κ1) is 19.8. The summed E-state index contributed by atoms with van der Waals surface area (Å²) in [5.74, 6) is 0. The van der Waals surface area contributed by atoms with Crippen LogP contribution in [-0.4, -0.2) is 39.8 Å². The van der Waals surface area contributed by atoms with Gasteiger partial charge in [0.2, 0.25) is 9.84 Å². The molecule has 2 aromatic carbocycles. The molecular weight excluding hydrogens is 396 g/mol. The lowest BCUT2D eigenvalue weighted by molar-refractivity contribution is 0.251. The maximum atomic E-state index is 12.3. The zero-order valence-electron chi connectivity index (χ0n) is 12.9. The minimum Gasteiger partial charge on any atom is -0.282 e. The lowest BCUT2D eigenvalue weighted by atomic mass is 10.1. The topological polar surface area (TPSA) is 152 Å². The highest BCUT2D eigenvalue weighted by atomic mass is 32.3. The Morgan fingerprint density at radius 2 is 1.56 bits per heavy atom. The van der Waals surface area contributed by atoms with E-state index < -0.39 is 35.8 Å². The fourth-order valence-corrected chi connectivity index (χ4v) is 5.25. The highest BCUT2D eigenvalue weighted by molar-refractivity contribution is 7.92. The number of rotatable bonds is 5. The molecule has 0 radical (unpaired) electrons. The molecule has 0 amide bonds. The van der Waals surface area contributed by atoms with Gasteiger partial charge in [-0.05, 0) is 36.9 Å². The number of benzene rings is 2. The molecular formula is C13H14O9S3. The highest BCUT2D eigenvalue weighted by Crippen LogP contribution is 2.29. The van der Waals surface area contributed by atoms with E-state index in [0.29, 0.717) is 0 Å². The molecule has 0 aromatic heterocycles. The molecule has 25 heavy (non-hydrogen) atoms. The summed E-state index contributed by atoms with van der Waals surface area (Å²) in [6, 6.07) is 6.18. The second-order valence-electron chi connectivity index (χ2n) is 5.21. The third kappa shape index (κ3) is 4.16. The molecule has 0 spiro atoms. The van der Waals surface area contributed by atoms with Crippen molar-refractivity contribution in [2.45, 2.75) is 29.1 Å². The van der Waals surface area contributed by atoms with Crippen molar-refractivity contribution in [1.82, 2.24) is 0 Å². The van der Waals surface area contributed by atoms with Crippen LogP contribution in [0.3, 0.4) is 0 Å². The minimum atomic E-state index is -4.98. The van der Waals surface area contributed by atoms with E-state index >= 15 is 0 Å². The molecule has 2 aromatic rings. The number of fused-ring (bicyclic) bond motifs is 1. The Kier molecular flexibility index (Phi) is 4.98. The SMILES string of the molecule is Cc1ccc2cc(S(=O)(=O)C(C)OS(=O)(=O)O)ccc2c1S(=O)(=O)O. The van der Waals surface area contributed by atoms with Crippen LogP contribution >= 0.6 is 0 Å². The van der Waals surface area contributed by atoms with Crippen LogP contribution in [0.15, 0.2) is 40.1 Å². The molecule has 0 heterocycles. The first-order valence-corrected chi connectivity index (χ1v) is 11.0. The van der Waals surface area contributed by atoms with E-state index in [-0.39, 0.29) is 26.1 Å². The van der Waals surface area contributed by atoms with E-state index in [2.05, 4.69) is 4.18 Å². The van der Waals surface area contributed by atoms with Gasteiger partial charge in [-0.15, -0.1) is 0 Å². The Bertz CT molecular complexity index is 1150. The van der Waals surface area contributed by atoms with Gasteiger partial charge in [0, 0.05) is 5.39 Å². The molecule has 0 bridgehead atoms. The third-order valence-electron chi connectivity index (χ3n) is 3.42. The Labute approximate surface area is 144 Å². The third-order valence-corrected chi connectivity index (χ3v) is 7.01.